The first-order chi connectivity index (χ1) is 6.32. The summed E-state index contributed by atoms with van der Waals surface area (Å²) in [5.74, 6) is 3.66. The van der Waals surface area contributed by atoms with Gasteiger partial charge in [-0.05, 0) is 12.3 Å². The first-order valence-corrected chi connectivity index (χ1v) is 5.68. The van der Waals surface area contributed by atoms with Gasteiger partial charge in [-0.2, -0.15) is 13.2 Å². The number of rotatable bonds is 1. The number of alkyl halides is 3. The van der Waals surface area contributed by atoms with Crippen LogP contribution in [0.15, 0.2) is 17.3 Å². The van der Waals surface area contributed by atoms with Crippen molar-refractivity contribution in [1.29, 1.82) is 0 Å². The molecule has 0 bridgehead atoms. The predicted octanol–water partition coefficient (Wildman–Crippen LogP) is 3.44. The highest BCUT2D eigenvalue weighted by Gasteiger charge is 2.31. The summed E-state index contributed by atoms with van der Waals surface area (Å²) in [7, 11) is -0.486. The van der Waals surface area contributed by atoms with Gasteiger partial charge in [0.15, 0.2) is 0 Å². The van der Waals surface area contributed by atoms with E-state index in [9.17, 15) is 13.2 Å². The van der Waals surface area contributed by atoms with Crippen molar-refractivity contribution in [1.82, 2.24) is 4.98 Å². The van der Waals surface area contributed by atoms with Gasteiger partial charge < -0.3 is 0 Å². The number of pyridine rings is 1. The van der Waals surface area contributed by atoms with Crippen molar-refractivity contribution in [3.63, 3.8) is 0 Å². The lowest BCUT2D eigenvalue weighted by Gasteiger charge is -2.08. The summed E-state index contributed by atoms with van der Waals surface area (Å²) in [5, 5.41) is 0.417. The molecule has 1 atom stereocenters. The molecular weight excluding hydrogens is 235 g/mol. The van der Waals surface area contributed by atoms with Crippen LogP contribution >= 0.6 is 22.1 Å². The summed E-state index contributed by atoms with van der Waals surface area (Å²) in [4.78, 5) is 3.64. The molecule has 0 fully saturated rings. The van der Waals surface area contributed by atoms with E-state index in [1.807, 2.05) is 0 Å². The van der Waals surface area contributed by atoms with Gasteiger partial charge in [0.1, 0.15) is 5.03 Å². The average Bonchev–Trinajstić information content (AvgIpc) is 2.01. The molecule has 0 saturated heterocycles. The summed E-state index contributed by atoms with van der Waals surface area (Å²) in [6, 6.07) is 0.874. The Morgan fingerprint density at radius 2 is 2.07 bits per heavy atom. The van der Waals surface area contributed by atoms with Crippen molar-refractivity contribution in [2.24, 2.45) is 0 Å². The van der Waals surface area contributed by atoms with Crippen molar-refractivity contribution in [2.45, 2.75) is 11.2 Å². The highest BCUT2D eigenvalue weighted by atomic mass is 35.5. The zero-order valence-electron chi connectivity index (χ0n) is 7.23. The van der Waals surface area contributed by atoms with E-state index in [2.05, 4.69) is 10.9 Å². The number of nitrogens with zero attached hydrogens (tertiary/aromatic N) is 1. The molecule has 6 heteroatoms. The van der Waals surface area contributed by atoms with Crippen LogP contribution in [0.2, 0.25) is 5.02 Å². The molecule has 1 nitrogen and oxygen atoms in total. The van der Waals surface area contributed by atoms with Gasteiger partial charge in [-0.25, -0.2) is 4.98 Å². The van der Waals surface area contributed by atoms with Crippen molar-refractivity contribution in [2.75, 3.05) is 6.26 Å². The zero-order chi connectivity index (χ0) is 10.9. The molecule has 0 aliphatic heterocycles. The van der Waals surface area contributed by atoms with Crippen molar-refractivity contribution < 1.29 is 13.2 Å². The molecule has 0 radical (unpaired) electrons. The smallest absolute Gasteiger partial charge is 0.248 e. The van der Waals surface area contributed by atoms with E-state index >= 15 is 0 Å². The Labute approximate surface area is 86.8 Å². The third-order valence-electron chi connectivity index (χ3n) is 1.46. The van der Waals surface area contributed by atoms with Crippen LogP contribution in [-0.4, -0.2) is 17.1 Å². The lowest BCUT2D eigenvalue weighted by atomic mass is 10.3. The quantitative estimate of drug-likeness (QED) is 0.687. The number of halogens is 4. The maximum Gasteiger partial charge on any atom is 0.417 e. The minimum Gasteiger partial charge on any atom is -0.248 e. The second-order valence-electron chi connectivity index (χ2n) is 2.65. The number of aromatic nitrogens is 1. The summed E-state index contributed by atoms with van der Waals surface area (Å²) >= 11 is 5.63. The largest absolute Gasteiger partial charge is 0.417 e. The lowest BCUT2D eigenvalue weighted by Crippen LogP contribution is -2.05. The van der Waals surface area contributed by atoms with Gasteiger partial charge in [0.2, 0.25) is 0 Å². The monoisotopic (exact) mass is 241 g/mol. The first kappa shape index (κ1) is 11.5. The number of hydrogen-bond acceptors (Lipinski definition) is 1. The van der Waals surface area contributed by atoms with Crippen LogP contribution in [0.4, 0.5) is 13.2 Å². The van der Waals surface area contributed by atoms with Crippen LogP contribution in [0, 0.1) is 0 Å². The molecule has 0 spiro atoms. The van der Waals surface area contributed by atoms with Crippen LogP contribution < -0.4 is 0 Å². The summed E-state index contributed by atoms with van der Waals surface area (Å²) in [6.45, 7) is 0. The van der Waals surface area contributed by atoms with E-state index in [0.29, 0.717) is 5.03 Å². The fourth-order valence-corrected chi connectivity index (χ4v) is 2.02. The number of hydrogen-bond donors (Lipinski definition) is 0. The molecule has 1 unspecified atom stereocenters. The molecule has 1 aromatic heterocycles. The molecule has 1 aromatic rings. The van der Waals surface area contributed by atoms with E-state index in [1.165, 1.54) is 0 Å². The van der Waals surface area contributed by atoms with Gasteiger partial charge in [-0.1, -0.05) is 17.5 Å². The van der Waals surface area contributed by atoms with Crippen LogP contribution in [0.3, 0.4) is 0 Å². The zero-order valence-corrected chi connectivity index (χ0v) is 8.80. The third-order valence-corrected chi connectivity index (χ3v) is 2.85. The Morgan fingerprint density at radius 1 is 1.50 bits per heavy atom. The Bertz CT molecular complexity index is 375. The maximum atomic E-state index is 12.2. The molecule has 0 N–H and O–H groups in total. The normalized spacial score (nSPS) is 14.1. The minimum absolute atomic E-state index is 0.0145. The van der Waals surface area contributed by atoms with Crippen LogP contribution in [0.25, 0.3) is 0 Å². The SMILES string of the molecule is C=S(C)c1ncc(C(F)(F)F)cc1Cl. The van der Waals surface area contributed by atoms with Crippen LogP contribution in [0.5, 0.6) is 0 Å². The second kappa shape index (κ2) is 3.90. The van der Waals surface area contributed by atoms with E-state index in [4.69, 9.17) is 11.6 Å². The Hall–Kier alpha value is -0.550. The Morgan fingerprint density at radius 3 is 2.43 bits per heavy atom. The van der Waals surface area contributed by atoms with Crippen LogP contribution in [-0.2, 0) is 6.18 Å². The lowest BCUT2D eigenvalue weighted by molar-refractivity contribution is -0.137. The fourth-order valence-electron chi connectivity index (χ4n) is 0.837. The highest BCUT2D eigenvalue weighted by Crippen LogP contribution is 2.34. The van der Waals surface area contributed by atoms with Gasteiger partial charge in [0.25, 0.3) is 0 Å². The van der Waals surface area contributed by atoms with Gasteiger partial charge >= 0.3 is 6.18 Å². The Kier molecular flexibility index (Phi) is 3.21. The summed E-state index contributed by atoms with van der Waals surface area (Å²) < 4.78 is 36.6. The average molecular weight is 242 g/mol. The van der Waals surface area contributed by atoms with Gasteiger partial charge in [-0.15, -0.1) is 10.5 Å². The topological polar surface area (TPSA) is 12.9 Å². The molecule has 1 heterocycles. The highest BCUT2D eigenvalue weighted by molar-refractivity contribution is 8.13. The van der Waals surface area contributed by atoms with Crippen molar-refractivity contribution in [3.05, 3.63) is 22.8 Å². The third kappa shape index (κ3) is 2.48. The van der Waals surface area contributed by atoms with Crippen molar-refractivity contribution in [3.8, 4) is 0 Å². The molecule has 0 aromatic carbocycles. The molecular formula is C8H7ClF3NS. The minimum atomic E-state index is -4.40. The standard InChI is InChI=1S/C8H7ClF3NS/c1-14(2)7-6(9)3-5(4-13-7)8(10,11)12/h3-4H,1H2,2H3. The van der Waals surface area contributed by atoms with E-state index in [0.717, 1.165) is 12.3 Å². The van der Waals surface area contributed by atoms with Crippen LogP contribution in [0.1, 0.15) is 5.56 Å². The van der Waals surface area contributed by atoms with E-state index < -0.39 is 22.2 Å². The molecule has 1 rings (SSSR count). The van der Waals surface area contributed by atoms with E-state index in [-0.39, 0.29) is 5.02 Å². The van der Waals surface area contributed by atoms with Gasteiger partial charge in [0.05, 0.1) is 10.6 Å². The van der Waals surface area contributed by atoms with Gasteiger partial charge in [0, 0.05) is 6.20 Å². The molecule has 0 amide bonds. The summed E-state index contributed by atoms with van der Waals surface area (Å²) in [6.07, 6.45) is -1.89. The Balaban J connectivity index is 3.20. The van der Waals surface area contributed by atoms with Crippen molar-refractivity contribution >= 4 is 28.0 Å². The molecule has 14 heavy (non-hydrogen) atoms. The molecule has 0 saturated carbocycles. The summed E-state index contributed by atoms with van der Waals surface area (Å²) in [5.41, 5.74) is -0.836. The first-order valence-electron chi connectivity index (χ1n) is 3.50. The van der Waals surface area contributed by atoms with E-state index in [1.54, 1.807) is 6.26 Å². The second-order valence-corrected chi connectivity index (χ2v) is 4.71. The maximum absolute atomic E-state index is 12.2. The van der Waals surface area contributed by atoms with Gasteiger partial charge in [-0.3, -0.25) is 0 Å². The fraction of sp³-hybridized carbons (Fsp3) is 0.250. The molecule has 0 aliphatic carbocycles. The molecule has 78 valence electrons. The molecule has 0 aliphatic rings. The predicted molar refractivity (Wildman–Crippen MR) is 53.2 cm³/mol.